The van der Waals surface area contributed by atoms with Gasteiger partial charge >= 0.3 is 0 Å². The molecule has 19 heavy (non-hydrogen) atoms. The summed E-state index contributed by atoms with van der Waals surface area (Å²) < 4.78 is 1.18. The highest BCUT2D eigenvalue weighted by atomic mass is 79.9. The third kappa shape index (κ3) is 3.67. The molecular formula is C14H19BrN2S2. The molecule has 2 aromatic rings. The minimum atomic E-state index is 0.295. The van der Waals surface area contributed by atoms with Crippen LogP contribution in [0.2, 0.25) is 0 Å². The van der Waals surface area contributed by atoms with E-state index in [1.165, 1.54) is 24.7 Å². The lowest BCUT2D eigenvalue weighted by molar-refractivity contribution is 0.242. The van der Waals surface area contributed by atoms with Gasteiger partial charge in [-0.1, -0.05) is 0 Å². The molecule has 2 nitrogen and oxygen atoms in total. The summed E-state index contributed by atoms with van der Waals surface area (Å²) in [7, 11) is 2.15. The van der Waals surface area contributed by atoms with E-state index in [9.17, 15) is 0 Å². The van der Waals surface area contributed by atoms with Crippen LogP contribution in [0.1, 0.15) is 26.9 Å². The van der Waals surface area contributed by atoms with Gasteiger partial charge in [-0.15, -0.1) is 22.7 Å². The van der Waals surface area contributed by atoms with Crippen molar-refractivity contribution in [3.8, 4) is 0 Å². The van der Waals surface area contributed by atoms with Crippen molar-refractivity contribution in [2.45, 2.75) is 26.4 Å². The number of rotatable bonds is 5. The van der Waals surface area contributed by atoms with Gasteiger partial charge in [-0.3, -0.25) is 4.90 Å². The van der Waals surface area contributed by atoms with E-state index in [2.05, 4.69) is 59.2 Å². The number of thiophene rings is 2. The van der Waals surface area contributed by atoms with Gasteiger partial charge in [0.05, 0.1) is 3.79 Å². The first kappa shape index (κ1) is 15.2. The Hall–Kier alpha value is -0.200. The van der Waals surface area contributed by atoms with Gasteiger partial charge in [0.25, 0.3) is 0 Å². The lowest BCUT2D eigenvalue weighted by atomic mass is 10.1. The molecule has 0 aliphatic carbocycles. The van der Waals surface area contributed by atoms with Crippen molar-refractivity contribution in [3.63, 3.8) is 0 Å². The largest absolute Gasteiger partial charge is 0.329 e. The highest BCUT2D eigenvalue weighted by molar-refractivity contribution is 9.11. The molecule has 0 fully saturated rings. The topological polar surface area (TPSA) is 29.3 Å². The van der Waals surface area contributed by atoms with Crippen LogP contribution in [0.4, 0.5) is 0 Å². The van der Waals surface area contributed by atoms with E-state index >= 15 is 0 Å². The van der Waals surface area contributed by atoms with Crippen molar-refractivity contribution < 1.29 is 0 Å². The lowest BCUT2D eigenvalue weighted by Crippen LogP contribution is -2.30. The zero-order valence-electron chi connectivity index (χ0n) is 11.4. The third-order valence-electron chi connectivity index (χ3n) is 3.25. The molecule has 0 saturated heterocycles. The van der Waals surface area contributed by atoms with E-state index in [1.54, 1.807) is 11.3 Å². The number of nitrogens with zero attached hydrogens (tertiary/aromatic N) is 1. The van der Waals surface area contributed by atoms with Crippen LogP contribution >= 0.6 is 38.6 Å². The first-order valence-corrected chi connectivity index (χ1v) is 8.70. The monoisotopic (exact) mass is 358 g/mol. The first-order chi connectivity index (χ1) is 9.01. The van der Waals surface area contributed by atoms with E-state index in [1.807, 2.05) is 11.3 Å². The summed E-state index contributed by atoms with van der Waals surface area (Å²) in [5.74, 6) is 0. The standard InChI is InChI=1S/C14H19BrN2S2/c1-9-4-12(10(2)19-9)13(6-16)17(3)7-11-5-14(15)18-8-11/h4-5,8,13H,6-7,16H2,1-3H3. The molecule has 0 bridgehead atoms. The minimum absolute atomic E-state index is 0.295. The zero-order chi connectivity index (χ0) is 14.0. The zero-order valence-corrected chi connectivity index (χ0v) is 14.7. The van der Waals surface area contributed by atoms with E-state index < -0.39 is 0 Å². The van der Waals surface area contributed by atoms with Crippen LogP contribution in [0, 0.1) is 13.8 Å². The predicted octanol–water partition coefficient (Wildman–Crippen LogP) is 4.32. The summed E-state index contributed by atoms with van der Waals surface area (Å²) in [6, 6.07) is 4.75. The van der Waals surface area contributed by atoms with Gasteiger partial charge < -0.3 is 5.73 Å². The minimum Gasteiger partial charge on any atom is -0.329 e. The molecule has 2 rings (SSSR count). The molecule has 0 radical (unpaired) electrons. The average molecular weight is 359 g/mol. The average Bonchev–Trinajstić information content (AvgIpc) is 2.87. The second-order valence-electron chi connectivity index (χ2n) is 4.79. The molecule has 0 amide bonds. The molecule has 0 saturated carbocycles. The molecule has 104 valence electrons. The molecule has 0 aliphatic rings. The SMILES string of the molecule is Cc1cc(C(CN)N(C)Cc2csc(Br)c2)c(C)s1. The Kier molecular flexibility index (Phi) is 5.20. The van der Waals surface area contributed by atoms with Crippen LogP contribution in [0.5, 0.6) is 0 Å². The summed E-state index contributed by atoms with van der Waals surface area (Å²) in [6.45, 7) is 5.92. The number of aryl methyl sites for hydroxylation is 2. The maximum Gasteiger partial charge on any atom is 0.0701 e. The first-order valence-electron chi connectivity index (χ1n) is 6.21. The second-order valence-corrected chi connectivity index (χ2v) is 8.55. The van der Waals surface area contributed by atoms with Crippen LogP contribution in [0.15, 0.2) is 21.3 Å². The number of nitrogens with two attached hydrogens (primary N) is 1. The third-order valence-corrected chi connectivity index (χ3v) is 5.78. The summed E-state index contributed by atoms with van der Waals surface area (Å²) >= 11 is 7.10. The summed E-state index contributed by atoms with van der Waals surface area (Å²) in [6.07, 6.45) is 0. The van der Waals surface area contributed by atoms with Crippen LogP contribution in [0.25, 0.3) is 0 Å². The molecular weight excluding hydrogens is 340 g/mol. The Balaban J connectivity index is 2.15. The number of hydrogen-bond acceptors (Lipinski definition) is 4. The Morgan fingerprint density at radius 2 is 2.11 bits per heavy atom. The molecule has 2 aromatic heterocycles. The molecule has 0 spiro atoms. The fraction of sp³-hybridized carbons (Fsp3) is 0.429. The van der Waals surface area contributed by atoms with Gasteiger partial charge in [0.1, 0.15) is 0 Å². The predicted molar refractivity (Wildman–Crippen MR) is 89.1 cm³/mol. The molecule has 0 aromatic carbocycles. The maximum absolute atomic E-state index is 6.00. The Morgan fingerprint density at radius 3 is 2.58 bits per heavy atom. The quantitative estimate of drug-likeness (QED) is 0.861. The summed E-state index contributed by atoms with van der Waals surface area (Å²) in [4.78, 5) is 5.08. The van der Waals surface area contributed by atoms with Crippen molar-refractivity contribution in [3.05, 3.63) is 42.2 Å². The number of halogens is 1. The molecule has 2 heterocycles. The van der Waals surface area contributed by atoms with Gasteiger partial charge in [0.15, 0.2) is 0 Å². The Morgan fingerprint density at radius 1 is 1.37 bits per heavy atom. The van der Waals surface area contributed by atoms with Crippen LogP contribution in [-0.2, 0) is 6.54 Å². The molecule has 0 aliphatic heterocycles. The number of likely N-dealkylation sites (N-methyl/N-ethyl adjacent to an activating group) is 1. The summed E-state index contributed by atoms with van der Waals surface area (Å²) in [5.41, 5.74) is 8.71. The Labute approximate surface area is 131 Å². The van der Waals surface area contributed by atoms with Crippen LogP contribution < -0.4 is 5.73 Å². The van der Waals surface area contributed by atoms with Crippen molar-refractivity contribution in [1.82, 2.24) is 4.90 Å². The molecule has 2 N–H and O–H groups in total. The van der Waals surface area contributed by atoms with Crippen molar-refractivity contribution >= 4 is 38.6 Å². The fourth-order valence-corrected chi connectivity index (χ4v) is 4.53. The normalized spacial score (nSPS) is 13.2. The highest BCUT2D eigenvalue weighted by Crippen LogP contribution is 2.30. The van der Waals surface area contributed by atoms with Crippen LogP contribution in [-0.4, -0.2) is 18.5 Å². The molecule has 5 heteroatoms. The van der Waals surface area contributed by atoms with Crippen molar-refractivity contribution in [2.75, 3.05) is 13.6 Å². The van der Waals surface area contributed by atoms with Crippen LogP contribution in [0.3, 0.4) is 0 Å². The highest BCUT2D eigenvalue weighted by Gasteiger charge is 2.19. The summed E-state index contributed by atoms with van der Waals surface area (Å²) in [5, 5.41) is 2.19. The number of hydrogen-bond donors (Lipinski definition) is 1. The lowest BCUT2D eigenvalue weighted by Gasteiger charge is -2.27. The van der Waals surface area contributed by atoms with Gasteiger partial charge in [-0.2, -0.15) is 0 Å². The van der Waals surface area contributed by atoms with E-state index in [4.69, 9.17) is 5.73 Å². The van der Waals surface area contributed by atoms with Gasteiger partial charge in [0.2, 0.25) is 0 Å². The molecule has 1 atom stereocenters. The Bertz CT molecular complexity index is 547. The van der Waals surface area contributed by atoms with Gasteiger partial charge in [-0.25, -0.2) is 0 Å². The smallest absolute Gasteiger partial charge is 0.0701 e. The fourth-order valence-electron chi connectivity index (χ4n) is 2.35. The maximum atomic E-state index is 6.00. The van der Waals surface area contributed by atoms with E-state index in [0.717, 1.165) is 6.54 Å². The van der Waals surface area contributed by atoms with Gasteiger partial charge in [-0.05, 0) is 65.5 Å². The second kappa shape index (κ2) is 6.50. The van der Waals surface area contributed by atoms with E-state index in [0.29, 0.717) is 12.6 Å². The van der Waals surface area contributed by atoms with Crippen molar-refractivity contribution in [1.29, 1.82) is 0 Å². The van der Waals surface area contributed by atoms with Crippen molar-refractivity contribution in [2.24, 2.45) is 5.73 Å². The van der Waals surface area contributed by atoms with E-state index in [-0.39, 0.29) is 0 Å². The molecule has 1 unspecified atom stereocenters. The van der Waals surface area contributed by atoms with Gasteiger partial charge in [0, 0.05) is 28.9 Å².